The Labute approximate surface area is 161 Å². The van der Waals surface area contributed by atoms with Gasteiger partial charge < -0.3 is 20.4 Å². The molecule has 0 saturated carbocycles. The van der Waals surface area contributed by atoms with E-state index in [0.717, 1.165) is 16.8 Å². The Balaban J connectivity index is 1.97. The van der Waals surface area contributed by atoms with Gasteiger partial charge in [-0.2, -0.15) is 0 Å². The number of carbonyl (C=O) groups is 2. The molecule has 2 aromatic rings. The van der Waals surface area contributed by atoms with Crippen LogP contribution in [0.15, 0.2) is 48.5 Å². The van der Waals surface area contributed by atoms with Crippen molar-refractivity contribution < 1.29 is 9.59 Å². The number of likely N-dealkylation sites (N-methyl/N-ethyl adjacent to an activating group) is 1. The monoisotopic (exact) mass is 368 g/mol. The highest BCUT2D eigenvalue weighted by Crippen LogP contribution is 2.21. The molecule has 27 heavy (non-hydrogen) atoms. The fourth-order valence-electron chi connectivity index (χ4n) is 2.69. The molecule has 0 radical (unpaired) electrons. The first-order valence-corrected chi connectivity index (χ1v) is 8.87. The summed E-state index contributed by atoms with van der Waals surface area (Å²) in [4.78, 5) is 28.3. The van der Waals surface area contributed by atoms with Crippen LogP contribution in [0.3, 0.4) is 0 Å². The second-order valence-corrected chi connectivity index (χ2v) is 7.00. The van der Waals surface area contributed by atoms with E-state index in [0.29, 0.717) is 12.2 Å². The lowest BCUT2D eigenvalue weighted by molar-refractivity contribution is -0.136. The highest BCUT2D eigenvalue weighted by molar-refractivity contribution is 6.39. The first-order valence-electron chi connectivity index (χ1n) is 8.87. The van der Waals surface area contributed by atoms with Crippen LogP contribution >= 0.6 is 0 Å². The van der Waals surface area contributed by atoms with Gasteiger partial charge >= 0.3 is 11.8 Å². The third-order valence-electron chi connectivity index (χ3n) is 4.39. The van der Waals surface area contributed by atoms with Crippen LogP contribution in [0, 0.1) is 6.92 Å². The fourth-order valence-corrected chi connectivity index (χ4v) is 2.69. The molecule has 0 aliphatic rings. The number of hydrogen-bond donors (Lipinski definition) is 2. The predicted octanol–water partition coefficient (Wildman–Crippen LogP) is 2.42. The Morgan fingerprint density at radius 3 is 2.00 bits per heavy atom. The van der Waals surface area contributed by atoms with E-state index in [4.69, 9.17) is 0 Å². The molecular formula is C21H28N4O2. The Morgan fingerprint density at radius 2 is 1.48 bits per heavy atom. The number of rotatable bonds is 6. The van der Waals surface area contributed by atoms with E-state index in [1.165, 1.54) is 0 Å². The van der Waals surface area contributed by atoms with Gasteiger partial charge in [0.2, 0.25) is 0 Å². The summed E-state index contributed by atoms with van der Waals surface area (Å²) >= 11 is 0. The second kappa shape index (κ2) is 9.19. The molecule has 2 aromatic carbocycles. The highest BCUT2D eigenvalue weighted by Gasteiger charge is 2.19. The van der Waals surface area contributed by atoms with Gasteiger partial charge in [-0.1, -0.05) is 29.8 Å². The molecule has 0 aliphatic heterocycles. The summed E-state index contributed by atoms with van der Waals surface area (Å²) in [5, 5.41) is 5.34. The van der Waals surface area contributed by atoms with Crippen molar-refractivity contribution in [1.82, 2.24) is 10.2 Å². The van der Waals surface area contributed by atoms with E-state index >= 15 is 0 Å². The van der Waals surface area contributed by atoms with Gasteiger partial charge in [-0.05, 0) is 50.8 Å². The topological polar surface area (TPSA) is 64.7 Å². The molecule has 0 spiro atoms. The van der Waals surface area contributed by atoms with Gasteiger partial charge in [-0.15, -0.1) is 0 Å². The molecule has 1 unspecified atom stereocenters. The Bertz CT molecular complexity index is 768. The molecule has 6 heteroatoms. The molecule has 2 amide bonds. The smallest absolute Gasteiger partial charge is 0.313 e. The van der Waals surface area contributed by atoms with E-state index in [-0.39, 0.29) is 6.04 Å². The maximum atomic E-state index is 12.2. The Morgan fingerprint density at radius 1 is 0.889 bits per heavy atom. The summed E-state index contributed by atoms with van der Waals surface area (Å²) in [6.45, 7) is 2.30. The van der Waals surface area contributed by atoms with Crippen molar-refractivity contribution >= 4 is 23.2 Å². The first-order chi connectivity index (χ1) is 12.8. The normalized spacial score (nSPS) is 11.8. The van der Waals surface area contributed by atoms with Gasteiger partial charge in [0, 0.05) is 32.0 Å². The zero-order valence-corrected chi connectivity index (χ0v) is 16.6. The molecule has 0 fully saturated rings. The third-order valence-corrected chi connectivity index (χ3v) is 4.39. The van der Waals surface area contributed by atoms with Crippen LogP contribution < -0.4 is 15.5 Å². The van der Waals surface area contributed by atoms with E-state index in [1.807, 2.05) is 81.3 Å². The average molecular weight is 368 g/mol. The standard InChI is InChI=1S/C21H28N4O2/c1-15-6-10-17(11-7-15)23-21(27)20(26)22-14-19(25(4)5)16-8-12-18(13-9-16)24(2)3/h6-13,19H,14H2,1-5H3,(H,22,26)(H,23,27). The van der Waals surface area contributed by atoms with Gasteiger partial charge in [0.1, 0.15) is 0 Å². The number of benzene rings is 2. The van der Waals surface area contributed by atoms with Crippen molar-refractivity contribution in [3.05, 3.63) is 59.7 Å². The number of aryl methyl sites for hydroxylation is 1. The number of anilines is 2. The molecule has 0 aromatic heterocycles. The number of nitrogens with zero attached hydrogens (tertiary/aromatic N) is 2. The van der Waals surface area contributed by atoms with Crippen molar-refractivity contribution in [1.29, 1.82) is 0 Å². The van der Waals surface area contributed by atoms with Gasteiger partial charge in [-0.25, -0.2) is 0 Å². The summed E-state index contributed by atoms with van der Waals surface area (Å²) in [7, 11) is 7.88. The molecule has 1 atom stereocenters. The summed E-state index contributed by atoms with van der Waals surface area (Å²) in [6, 6.07) is 15.4. The van der Waals surface area contributed by atoms with Crippen LogP contribution in [0.1, 0.15) is 17.2 Å². The molecule has 144 valence electrons. The molecule has 2 rings (SSSR count). The van der Waals surface area contributed by atoms with Crippen LogP contribution in [-0.4, -0.2) is 51.4 Å². The van der Waals surface area contributed by atoms with Crippen LogP contribution in [-0.2, 0) is 9.59 Å². The minimum atomic E-state index is -0.667. The predicted molar refractivity (Wildman–Crippen MR) is 110 cm³/mol. The van der Waals surface area contributed by atoms with Gasteiger partial charge in [0.25, 0.3) is 0 Å². The lowest BCUT2D eigenvalue weighted by atomic mass is 10.1. The average Bonchev–Trinajstić information content (AvgIpc) is 2.63. The lowest BCUT2D eigenvalue weighted by Crippen LogP contribution is -2.40. The Kier molecular flexibility index (Phi) is 6.96. The maximum absolute atomic E-state index is 12.2. The number of hydrogen-bond acceptors (Lipinski definition) is 4. The molecule has 0 aliphatic carbocycles. The molecule has 0 saturated heterocycles. The molecule has 0 bridgehead atoms. The van der Waals surface area contributed by atoms with Crippen LogP contribution in [0.4, 0.5) is 11.4 Å². The largest absolute Gasteiger partial charge is 0.378 e. The van der Waals surface area contributed by atoms with Gasteiger partial charge in [-0.3, -0.25) is 9.59 Å². The van der Waals surface area contributed by atoms with Crippen LogP contribution in [0.25, 0.3) is 0 Å². The molecule has 2 N–H and O–H groups in total. The number of carbonyl (C=O) groups excluding carboxylic acids is 2. The molecular weight excluding hydrogens is 340 g/mol. The maximum Gasteiger partial charge on any atom is 0.313 e. The van der Waals surface area contributed by atoms with Crippen LogP contribution in [0.5, 0.6) is 0 Å². The van der Waals surface area contributed by atoms with E-state index in [2.05, 4.69) is 10.6 Å². The summed E-state index contributed by atoms with van der Waals surface area (Å²) in [6.07, 6.45) is 0. The van der Waals surface area contributed by atoms with Gasteiger partial charge in [0.05, 0.1) is 6.04 Å². The zero-order chi connectivity index (χ0) is 20.0. The SMILES string of the molecule is Cc1ccc(NC(=O)C(=O)NCC(c2ccc(N(C)C)cc2)N(C)C)cc1. The molecule has 6 nitrogen and oxygen atoms in total. The van der Waals surface area contributed by atoms with E-state index < -0.39 is 11.8 Å². The van der Waals surface area contributed by atoms with Crippen molar-refractivity contribution in [2.24, 2.45) is 0 Å². The van der Waals surface area contributed by atoms with Gasteiger partial charge in [0.15, 0.2) is 0 Å². The minimum Gasteiger partial charge on any atom is -0.378 e. The summed E-state index contributed by atoms with van der Waals surface area (Å²) in [5.74, 6) is -1.31. The third kappa shape index (κ3) is 5.82. The molecule has 0 heterocycles. The Hall–Kier alpha value is -2.86. The number of nitrogens with one attached hydrogen (secondary N) is 2. The van der Waals surface area contributed by atoms with Crippen molar-refractivity contribution in [2.75, 3.05) is 45.0 Å². The fraction of sp³-hybridized carbons (Fsp3) is 0.333. The van der Waals surface area contributed by atoms with Crippen LogP contribution in [0.2, 0.25) is 0 Å². The van der Waals surface area contributed by atoms with Crippen molar-refractivity contribution in [3.8, 4) is 0 Å². The van der Waals surface area contributed by atoms with Crippen molar-refractivity contribution in [2.45, 2.75) is 13.0 Å². The number of amides is 2. The summed E-state index contributed by atoms with van der Waals surface area (Å²) in [5.41, 5.74) is 3.87. The second-order valence-electron chi connectivity index (χ2n) is 7.00. The summed E-state index contributed by atoms with van der Waals surface area (Å²) < 4.78 is 0. The van der Waals surface area contributed by atoms with E-state index in [9.17, 15) is 9.59 Å². The van der Waals surface area contributed by atoms with Crippen molar-refractivity contribution in [3.63, 3.8) is 0 Å². The zero-order valence-electron chi connectivity index (χ0n) is 16.6. The lowest BCUT2D eigenvalue weighted by Gasteiger charge is -2.25. The quantitative estimate of drug-likeness (QED) is 0.769. The highest BCUT2D eigenvalue weighted by atomic mass is 16.2. The minimum absolute atomic E-state index is 0.0302. The first kappa shape index (κ1) is 20.5. The van der Waals surface area contributed by atoms with E-state index in [1.54, 1.807) is 12.1 Å².